The lowest BCUT2D eigenvalue weighted by atomic mass is 9.91. The van der Waals surface area contributed by atoms with E-state index in [0.717, 1.165) is 0 Å². The number of H-pyrrole nitrogens is 1. The minimum absolute atomic E-state index is 0.0410. The average Bonchev–Trinajstić information content (AvgIpc) is 3.71. The normalized spacial score (nSPS) is 20.0. The number of benzene rings is 5. The molecule has 262 valence electrons. The predicted octanol–water partition coefficient (Wildman–Crippen LogP) is 4.37. The van der Waals surface area contributed by atoms with Gasteiger partial charge in [-0.2, -0.15) is 0 Å². The fraction of sp³-hybridized carbons (Fsp3) is 0. The second kappa shape index (κ2) is 11.8. The average molecular weight is 721 g/mol. The first kappa shape index (κ1) is 31.7. The van der Waals surface area contributed by atoms with Gasteiger partial charge in [0.2, 0.25) is 17.3 Å². The molecule has 5 heterocycles. The predicted molar refractivity (Wildman–Crippen MR) is 205 cm³/mol. The number of amides is 3. The largest absolute Gasteiger partial charge is 0.353 e. The fourth-order valence-electron chi connectivity index (χ4n) is 7.56. The zero-order valence-corrected chi connectivity index (χ0v) is 28.4. The molecule has 0 radical (unpaired) electrons. The molecule has 4 aliphatic rings. The summed E-state index contributed by atoms with van der Waals surface area (Å²) in [7, 11) is 0. The van der Waals surface area contributed by atoms with Crippen molar-refractivity contribution in [3.05, 3.63) is 159 Å². The molecule has 12 nitrogen and oxygen atoms in total. The molecule has 5 aromatic carbocycles. The van der Waals surface area contributed by atoms with Gasteiger partial charge >= 0.3 is 0 Å². The maximum absolute atomic E-state index is 14.1. The van der Waals surface area contributed by atoms with E-state index in [4.69, 9.17) is 4.99 Å². The Morgan fingerprint density at radius 2 is 0.818 bits per heavy atom. The minimum Gasteiger partial charge on any atom is -0.353 e. The van der Waals surface area contributed by atoms with Gasteiger partial charge in [0.05, 0.1) is 39.1 Å². The number of carbonyl (C=O) groups excluding carboxylic acids is 6. The van der Waals surface area contributed by atoms with Gasteiger partial charge in [-0.15, -0.1) is 0 Å². The molecule has 0 atom stereocenters. The van der Waals surface area contributed by atoms with Crippen LogP contribution in [-0.2, 0) is 14.4 Å². The molecular formula is C43H24N6O6. The molecule has 10 rings (SSSR count). The Morgan fingerprint density at radius 3 is 1.33 bits per heavy atom. The van der Waals surface area contributed by atoms with Crippen molar-refractivity contribution in [3.63, 3.8) is 0 Å². The summed E-state index contributed by atoms with van der Waals surface area (Å²) in [6.45, 7) is 0. The van der Waals surface area contributed by atoms with Gasteiger partial charge in [0, 0.05) is 38.6 Å². The van der Waals surface area contributed by atoms with Crippen molar-refractivity contribution in [1.82, 2.24) is 10.3 Å². The SMILES string of the molecule is O=C1Nc2ccccc2C(=O)/C1=C1\NC(=Nc2ccccc2)c2cc3/c(=C4\C(=O)Nc5ccccc5C4=O)[nH]/c(=C4/C(=O)Nc5ccccc5C4=O)c3cc21. The second-order valence-corrected chi connectivity index (χ2v) is 13.2. The molecule has 55 heavy (non-hydrogen) atoms. The summed E-state index contributed by atoms with van der Waals surface area (Å²) in [5.41, 5.74) is 2.73. The van der Waals surface area contributed by atoms with Crippen LogP contribution in [0.3, 0.4) is 0 Å². The van der Waals surface area contributed by atoms with Gasteiger partial charge in [-0.3, -0.25) is 28.8 Å². The number of amidine groups is 1. The van der Waals surface area contributed by atoms with Crippen LogP contribution in [0.4, 0.5) is 22.7 Å². The maximum Gasteiger partial charge on any atom is 0.261 e. The van der Waals surface area contributed by atoms with Crippen molar-refractivity contribution in [2.75, 3.05) is 16.0 Å². The first-order valence-corrected chi connectivity index (χ1v) is 17.2. The van der Waals surface area contributed by atoms with E-state index in [1.165, 1.54) is 0 Å². The molecule has 3 amide bonds. The van der Waals surface area contributed by atoms with E-state index >= 15 is 0 Å². The Balaban J connectivity index is 1.33. The number of anilines is 3. The highest BCUT2D eigenvalue weighted by molar-refractivity contribution is 6.52. The molecule has 0 saturated carbocycles. The number of carbonyl (C=O) groups is 6. The van der Waals surface area contributed by atoms with Gasteiger partial charge in [0.15, 0.2) is 0 Å². The van der Waals surface area contributed by atoms with Crippen molar-refractivity contribution in [3.8, 4) is 0 Å². The van der Waals surface area contributed by atoms with Gasteiger partial charge in [-0.05, 0) is 60.7 Å². The number of rotatable bonds is 1. The Morgan fingerprint density at radius 1 is 0.400 bits per heavy atom. The van der Waals surface area contributed by atoms with E-state index in [1.54, 1.807) is 97.1 Å². The molecule has 6 aromatic rings. The first-order valence-electron chi connectivity index (χ1n) is 17.2. The maximum atomic E-state index is 14.1. The van der Waals surface area contributed by atoms with Crippen LogP contribution in [0.1, 0.15) is 42.2 Å². The lowest BCUT2D eigenvalue weighted by molar-refractivity contribution is -0.113. The Kier molecular flexibility index (Phi) is 6.79. The zero-order valence-electron chi connectivity index (χ0n) is 28.4. The van der Waals surface area contributed by atoms with Crippen molar-refractivity contribution in [2.24, 2.45) is 4.99 Å². The van der Waals surface area contributed by atoms with E-state index < -0.39 is 35.1 Å². The molecule has 0 spiro atoms. The number of nitrogens with zero attached hydrogens (tertiary/aromatic N) is 1. The summed E-state index contributed by atoms with van der Waals surface area (Å²) in [5, 5.41) is 12.3. The summed E-state index contributed by atoms with van der Waals surface area (Å²) in [5.74, 6) is -3.40. The van der Waals surface area contributed by atoms with Crippen molar-refractivity contribution in [1.29, 1.82) is 0 Å². The van der Waals surface area contributed by atoms with Crippen LogP contribution in [0.15, 0.2) is 126 Å². The summed E-state index contributed by atoms with van der Waals surface area (Å²) in [6.07, 6.45) is 0. The van der Waals surface area contributed by atoms with Crippen LogP contribution in [0.5, 0.6) is 0 Å². The molecule has 0 saturated heterocycles. The minimum atomic E-state index is -0.699. The van der Waals surface area contributed by atoms with Gasteiger partial charge in [0.25, 0.3) is 17.7 Å². The molecule has 1 aromatic heterocycles. The number of aliphatic imine (C=N–C) groups is 1. The third-order valence-electron chi connectivity index (χ3n) is 10.1. The quantitative estimate of drug-likeness (QED) is 0.124. The number of hydrogen-bond donors (Lipinski definition) is 5. The van der Waals surface area contributed by atoms with Gasteiger partial charge in [-0.25, -0.2) is 4.99 Å². The lowest BCUT2D eigenvalue weighted by Crippen LogP contribution is -2.35. The second-order valence-electron chi connectivity index (χ2n) is 13.2. The summed E-state index contributed by atoms with van der Waals surface area (Å²) < 4.78 is 0. The highest BCUT2D eigenvalue weighted by atomic mass is 16.2. The van der Waals surface area contributed by atoms with E-state index in [0.29, 0.717) is 44.8 Å². The van der Waals surface area contributed by atoms with Crippen molar-refractivity contribution >= 4 is 91.3 Å². The third-order valence-corrected chi connectivity index (χ3v) is 10.1. The van der Waals surface area contributed by atoms with Crippen LogP contribution in [0.25, 0.3) is 27.6 Å². The molecule has 12 heteroatoms. The molecule has 5 N–H and O–H groups in total. The summed E-state index contributed by atoms with van der Waals surface area (Å²) >= 11 is 0. The summed E-state index contributed by atoms with van der Waals surface area (Å²) in [6, 6.07) is 32.2. The molecule has 0 fully saturated rings. The standard InChI is InChI=1S/C43H24N6O6/c50-37-21-12-4-7-15-28(21)45-41(53)31(37)34-24-18-26-27(19-25(24)35(48-34)32-38(51)22-13-5-8-16-29(22)46-42(32)54)40(44-20-10-2-1-3-11-20)49-36(26)33-39(52)23-14-6-9-17-30(23)47-43(33)55/h1-19,48H,(H,44,49)(H,45,53)(H,46,54)(H,47,55)/b34-31+,35-32+,36-33+. The molecule has 0 aliphatic carbocycles. The monoisotopic (exact) mass is 720 g/mol. The van der Waals surface area contributed by atoms with Crippen molar-refractivity contribution < 1.29 is 28.8 Å². The van der Waals surface area contributed by atoms with E-state index in [-0.39, 0.29) is 55.5 Å². The Bertz CT molecular complexity index is 3050. The van der Waals surface area contributed by atoms with E-state index in [9.17, 15) is 28.8 Å². The number of Topliss-reactive ketones (excluding diaryl/α,β-unsaturated/α-hetero) is 3. The van der Waals surface area contributed by atoms with Gasteiger partial charge < -0.3 is 26.3 Å². The van der Waals surface area contributed by atoms with Crippen LogP contribution < -0.4 is 32.0 Å². The van der Waals surface area contributed by atoms with E-state index in [2.05, 4.69) is 26.3 Å². The number of aromatic nitrogens is 1. The van der Waals surface area contributed by atoms with Crippen LogP contribution in [-0.4, -0.2) is 45.9 Å². The third kappa shape index (κ3) is 4.75. The zero-order chi connectivity index (χ0) is 37.5. The van der Waals surface area contributed by atoms with E-state index in [1.807, 2.05) is 18.2 Å². The van der Waals surface area contributed by atoms with Gasteiger partial charge in [-0.1, -0.05) is 54.6 Å². The number of fused-ring (bicyclic) bond motifs is 5. The number of ketones is 3. The Hall–Kier alpha value is -7.99. The molecule has 0 unspecified atom stereocenters. The van der Waals surface area contributed by atoms with Gasteiger partial charge in [0.1, 0.15) is 22.6 Å². The first-order chi connectivity index (χ1) is 26.8. The highest BCUT2D eigenvalue weighted by Gasteiger charge is 2.38. The fourth-order valence-corrected chi connectivity index (χ4v) is 7.56. The summed E-state index contributed by atoms with van der Waals surface area (Å²) in [4.78, 5) is 91.6. The highest BCUT2D eigenvalue weighted by Crippen LogP contribution is 2.36. The molecular weight excluding hydrogens is 697 g/mol. The van der Waals surface area contributed by atoms with Crippen LogP contribution in [0.2, 0.25) is 0 Å². The molecule has 4 aliphatic heterocycles. The smallest absolute Gasteiger partial charge is 0.261 e. The molecule has 0 bridgehead atoms. The number of nitrogens with one attached hydrogen (secondary N) is 5. The van der Waals surface area contributed by atoms with Crippen LogP contribution >= 0.6 is 0 Å². The van der Waals surface area contributed by atoms with Crippen LogP contribution in [0, 0.1) is 0 Å². The Labute approximate surface area is 310 Å². The number of aromatic amines is 1. The number of hydrogen-bond acceptors (Lipinski definition) is 7. The topological polar surface area (TPSA) is 179 Å². The lowest BCUT2D eigenvalue weighted by Gasteiger charge is -2.20. The number of para-hydroxylation sites is 4. The van der Waals surface area contributed by atoms with Crippen molar-refractivity contribution in [2.45, 2.75) is 0 Å².